The minimum absolute atomic E-state index is 0.108. The molecule has 1 saturated carbocycles. The highest BCUT2D eigenvalue weighted by molar-refractivity contribution is 9.10. The average molecular weight is 286 g/mol. The van der Waals surface area contributed by atoms with Crippen LogP contribution in [0.5, 0.6) is 0 Å². The van der Waals surface area contributed by atoms with Gasteiger partial charge in [0.15, 0.2) is 0 Å². The Labute approximate surface area is 105 Å². The first-order valence-corrected chi connectivity index (χ1v) is 6.70. The third-order valence-corrected chi connectivity index (χ3v) is 3.64. The van der Waals surface area contributed by atoms with Crippen LogP contribution in [0.15, 0.2) is 22.7 Å². The molecule has 1 aliphatic carbocycles. The lowest BCUT2D eigenvalue weighted by molar-refractivity contribution is 0.456. The van der Waals surface area contributed by atoms with Gasteiger partial charge in [-0.05, 0) is 53.7 Å². The molecule has 1 unspecified atom stereocenters. The molecule has 16 heavy (non-hydrogen) atoms. The number of hydrogen-bond donors (Lipinski definition) is 1. The van der Waals surface area contributed by atoms with Crippen LogP contribution < -0.4 is 5.32 Å². The van der Waals surface area contributed by atoms with E-state index in [4.69, 9.17) is 0 Å². The van der Waals surface area contributed by atoms with Gasteiger partial charge in [0.25, 0.3) is 0 Å². The summed E-state index contributed by atoms with van der Waals surface area (Å²) in [5.41, 5.74) is 0.810. The van der Waals surface area contributed by atoms with Gasteiger partial charge in [-0.1, -0.05) is 19.1 Å². The van der Waals surface area contributed by atoms with Crippen molar-refractivity contribution in [3.63, 3.8) is 0 Å². The summed E-state index contributed by atoms with van der Waals surface area (Å²) in [6.07, 6.45) is 3.51. The Kier molecular flexibility index (Phi) is 3.98. The van der Waals surface area contributed by atoms with Crippen molar-refractivity contribution in [2.75, 3.05) is 6.54 Å². The van der Waals surface area contributed by atoms with E-state index in [-0.39, 0.29) is 11.9 Å². The van der Waals surface area contributed by atoms with Crippen LogP contribution in [0.3, 0.4) is 0 Å². The second kappa shape index (κ2) is 5.28. The average Bonchev–Trinajstić information content (AvgIpc) is 3.08. The predicted octanol–water partition coefficient (Wildman–Crippen LogP) is 4.04. The monoisotopic (exact) mass is 285 g/mol. The molecule has 0 bridgehead atoms. The van der Waals surface area contributed by atoms with E-state index >= 15 is 0 Å². The molecule has 0 aromatic heterocycles. The van der Waals surface area contributed by atoms with Crippen LogP contribution in [0.4, 0.5) is 4.39 Å². The summed E-state index contributed by atoms with van der Waals surface area (Å²) in [6, 6.07) is 5.75. The molecule has 0 saturated heterocycles. The summed E-state index contributed by atoms with van der Waals surface area (Å²) in [6.45, 7) is 3.08. The Morgan fingerprint density at radius 1 is 1.50 bits per heavy atom. The number of halogens is 2. The summed E-state index contributed by atoms with van der Waals surface area (Å²) < 4.78 is 14.5. The summed E-state index contributed by atoms with van der Waals surface area (Å²) in [7, 11) is 0. The SMILES string of the molecule is CCCNC(c1cccc(Br)c1F)C1CC1. The van der Waals surface area contributed by atoms with E-state index < -0.39 is 0 Å². The first-order valence-electron chi connectivity index (χ1n) is 5.91. The number of rotatable bonds is 5. The van der Waals surface area contributed by atoms with Crippen LogP contribution in [-0.4, -0.2) is 6.54 Å². The van der Waals surface area contributed by atoms with Crippen LogP contribution in [-0.2, 0) is 0 Å². The van der Waals surface area contributed by atoms with Crippen molar-refractivity contribution in [1.29, 1.82) is 0 Å². The lowest BCUT2D eigenvalue weighted by Crippen LogP contribution is -2.24. The second-order valence-corrected chi connectivity index (χ2v) is 5.27. The van der Waals surface area contributed by atoms with E-state index in [9.17, 15) is 4.39 Å². The van der Waals surface area contributed by atoms with E-state index in [1.807, 2.05) is 12.1 Å². The topological polar surface area (TPSA) is 12.0 Å². The lowest BCUT2D eigenvalue weighted by Gasteiger charge is -2.19. The van der Waals surface area contributed by atoms with Gasteiger partial charge >= 0.3 is 0 Å². The lowest BCUT2D eigenvalue weighted by atomic mass is 10.0. The Bertz CT molecular complexity index is 363. The van der Waals surface area contributed by atoms with Crippen LogP contribution in [0.1, 0.15) is 37.8 Å². The fraction of sp³-hybridized carbons (Fsp3) is 0.538. The summed E-state index contributed by atoms with van der Waals surface area (Å²) in [5.74, 6) is 0.512. The fourth-order valence-corrected chi connectivity index (χ4v) is 2.40. The highest BCUT2D eigenvalue weighted by atomic mass is 79.9. The van der Waals surface area contributed by atoms with Gasteiger partial charge in [-0.15, -0.1) is 0 Å². The predicted molar refractivity (Wildman–Crippen MR) is 67.9 cm³/mol. The van der Waals surface area contributed by atoms with Gasteiger partial charge in [0, 0.05) is 11.6 Å². The molecule has 0 heterocycles. The summed E-state index contributed by atoms with van der Waals surface area (Å²) >= 11 is 3.25. The molecular formula is C13H17BrFN. The number of nitrogens with one attached hydrogen (secondary N) is 1. The Morgan fingerprint density at radius 2 is 2.25 bits per heavy atom. The largest absolute Gasteiger partial charge is 0.310 e. The minimum Gasteiger partial charge on any atom is -0.310 e. The molecule has 0 amide bonds. The van der Waals surface area contributed by atoms with E-state index in [1.54, 1.807) is 6.07 Å². The van der Waals surface area contributed by atoms with Crippen molar-refractivity contribution in [1.82, 2.24) is 5.32 Å². The highest BCUT2D eigenvalue weighted by Crippen LogP contribution is 2.42. The van der Waals surface area contributed by atoms with E-state index in [0.717, 1.165) is 18.5 Å². The zero-order valence-corrected chi connectivity index (χ0v) is 11.1. The maximum Gasteiger partial charge on any atom is 0.142 e. The van der Waals surface area contributed by atoms with Crippen LogP contribution in [0.2, 0.25) is 0 Å². The molecule has 0 aliphatic heterocycles. The van der Waals surface area contributed by atoms with Crippen LogP contribution in [0.25, 0.3) is 0 Å². The van der Waals surface area contributed by atoms with E-state index in [1.165, 1.54) is 12.8 Å². The van der Waals surface area contributed by atoms with Crippen molar-refractivity contribution in [2.45, 2.75) is 32.2 Å². The van der Waals surface area contributed by atoms with E-state index in [0.29, 0.717) is 10.4 Å². The first-order chi connectivity index (χ1) is 7.74. The Hall–Kier alpha value is -0.410. The molecule has 1 fully saturated rings. The summed E-state index contributed by atoms with van der Waals surface area (Å²) in [5, 5.41) is 3.45. The third kappa shape index (κ3) is 2.64. The first kappa shape index (κ1) is 12.1. The van der Waals surface area contributed by atoms with Gasteiger partial charge in [-0.3, -0.25) is 0 Å². The van der Waals surface area contributed by atoms with Crippen molar-refractivity contribution in [3.8, 4) is 0 Å². The zero-order valence-electron chi connectivity index (χ0n) is 9.47. The number of benzene rings is 1. The van der Waals surface area contributed by atoms with E-state index in [2.05, 4.69) is 28.2 Å². The third-order valence-electron chi connectivity index (χ3n) is 3.02. The molecule has 1 N–H and O–H groups in total. The second-order valence-electron chi connectivity index (χ2n) is 4.41. The molecule has 0 radical (unpaired) electrons. The molecule has 88 valence electrons. The van der Waals surface area contributed by atoms with Crippen LogP contribution >= 0.6 is 15.9 Å². The molecule has 1 aliphatic rings. The Morgan fingerprint density at radius 3 is 2.88 bits per heavy atom. The molecule has 1 atom stereocenters. The minimum atomic E-state index is -0.108. The number of hydrogen-bond acceptors (Lipinski definition) is 1. The maximum atomic E-state index is 14.0. The molecular weight excluding hydrogens is 269 g/mol. The van der Waals surface area contributed by atoms with Crippen molar-refractivity contribution in [3.05, 3.63) is 34.1 Å². The van der Waals surface area contributed by atoms with Gasteiger partial charge in [0.1, 0.15) is 5.82 Å². The zero-order chi connectivity index (χ0) is 11.5. The molecule has 0 spiro atoms. The van der Waals surface area contributed by atoms with Crippen LogP contribution in [0, 0.1) is 11.7 Å². The molecule has 1 nitrogen and oxygen atoms in total. The standard InChI is InChI=1S/C13H17BrFN/c1-2-8-16-13(9-6-7-9)10-4-3-5-11(14)12(10)15/h3-5,9,13,16H,2,6-8H2,1H3. The van der Waals surface area contributed by atoms with Crippen molar-refractivity contribution in [2.24, 2.45) is 5.92 Å². The highest BCUT2D eigenvalue weighted by Gasteiger charge is 2.33. The molecule has 2 rings (SSSR count). The van der Waals surface area contributed by atoms with Gasteiger partial charge < -0.3 is 5.32 Å². The molecule has 1 aromatic carbocycles. The maximum absolute atomic E-state index is 14.0. The quantitative estimate of drug-likeness (QED) is 0.861. The van der Waals surface area contributed by atoms with Gasteiger partial charge in [-0.2, -0.15) is 0 Å². The smallest absolute Gasteiger partial charge is 0.142 e. The van der Waals surface area contributed by atoms with Gasteiger partial charge in [0.05, 0.1) is 4.47 Å². The normalized spacial score (nSPS) is 17.4. The molecule has 1 aromatic rings. The fourth-order valence-electron chi connectivity index (χ4n) is 2.02. The molecule has 3 heteroatoms. The van der Waals surface area contributed by atoms with Crippen molar-refractivity contribution < 1.29 is 4.39 Å². The van der Waals surface area contributed by atoms with Crippen molar-refractivity contribution >= 4 is 15.9 Å². The van der Waals surface area contributed by atoms with Gasteiger partial charge in [0.2, 0.25) is 0 Å². The van der Waals surface area contributed by atoms with Gasteiger partial charge in [-0.25, -0.2) is 4.39 Å². The summed E-state index contributed by atoms with van der Waals surface area (Å²) in [4.78, 5) is 0. The Balaban J connectivity index is 2.20.